The molecule has 0 saturated carbocycles. The topological polar surface area (TPSA) is 75.9 Å². The van der Waals surface area contributed by atoms with Gasteiger partial charge in [0.25, 0.3) is 5.91 Å². The van der Waals surface area contributed by atoms with Gasteiger partial charge in [-0.3, -0.25) is 4.79 Å². The number of carbonyl (C=O) groups excluding carboxylic acids is 1. The molecule has 5 rings (SSSR count). The molecule has 0 aromatic carbocycles. The molecule has 1 amide bonds. The number of pyridine rings is 2. The summed E-state index contributed by atoms with van der Waals surface area (Å²) in [4.78, 5) is 26.0. The van der Waals surface area contributed by atoms with Crippen LogP contribution in [-0.4, -0.2) is 69.8 Å². The maximum atomic E-state index is 12.8. The number of hydrogen-bond donors (Lipinski definition) is 0. The second-order valence-corrected chi connectivity index (χ2v) is 7.66. The summed E-state index contributed by atoms with van der Waals surface area (Å²) >= 11 is 0. The Morgan fingerprint density at radius 2 is 1.97 bits per heavy atom. The predicted octanol–water partition coefficient (Wildman–Crippen LogP) is 1.90. The van der Waals surface area contributed by atoms with Gasteiger partial charge < -0.3 is 14.5 Å². The van der Waals surface area contributed by atoms with Crippen molar-refractivity contribution in [1.82, 2.24) is 24.5 Å². The lowest BCUT2D eigenvalue weighted by atomic mass is 10.1. The lowest BCUT2D eigenvalue weighted by Gasteiger charge is -2.28. The van der Waals surface area contributed by atoms with Gasteiger partial charge in [-0.25, -0.2) is 14.5 Å². The number of likely N-dealkylation sites (tertiary alicyclic amines) is 1. The fraction of sp³-hybridized carbons (Fsp3) is 0.429. The summed E-state index contributed by atoms with van der Waals surface area (Å²) in [5, 5.41) is 4.72. The Labute approximate surface area is 169 Å². The van der Waals surface area contributed by atoms with Crippen molar-refractivity contribution in [1.29, 1.82) is 0 Å². The number of nitrogens with zero attached hydrogens (tertiary/aromatic N) is 6. The van der Waals surface area contributed by atoms with Gasteiger partial charge in [0.1, 0.15) is 5.69 Å². The smallest absolute Gasteiger partial charge is 0.272 e. The van der Waals surface area contributed by atoms with E-state index < -0.39 is 0 Å². The zero-order valence-corrected chi connectivity index (χ0v) is 16.5. The first-order valence-electron chi connectivity index (χ1n) is 10.1. The molecule has 5 heterocycles. The van der Waals surface area contributed by atoms with Crippen molar-refractivity contribution in [2.24, 2.45) is 0 Å². The first kappa shape index (κ1) is 18.1. The second-order valence-electron chi connectivity index (χ2n) is 7.66. The van der Waals surface area contributed by atoms with Crippen LogP contribution in [0, 0.1) is 6.92 Å². The number of carbonyl (C=O) groups is 1. The number of rotatable bonds is 3. The summed E-state index contributed by atoms with van der Waals surface area (Å²) in [7, 11) is 0. The predicted molar refractivity (Wildman–Crippen MR) is 108 cm³/mol. The van der Waals surface area contributed by atoms with E-state index in [1.165, 1.54) is 0 Å². The van der Waals surface area contributed by atoms with Crippen molar-refractivity contribution in [3.05, 3.63) is 53.7 Å². The van der Waals surface area contributed by atoms with Crippen LogP contribution in [0.5, 0.6) is 0 Å². The fourth-order valence-corrected chi connectivity index (χ4v) is 4.05. The highest BCUT2D eigenvalue weighted by Crippen LogP contribution is 2.27. The van der Waals surface area contributed by atoms with E-state index in [4.69, 9.17) is 14.8 Å². The number of hydrogen-bond acceptors (Lipinski definition) is 6. The molecular weight excluding hydrogens is 368 g/mol. The molecule has 1 atom stereocenters. The molecule has 0 radical (unpaired) electrons. The van der Waals surface area contributed by atoms with E-state index in [9.17, 15) is 4.79 Å². The molecule has 29 heavy (non-hydrogen) atoms. The normalized spacial score (nSPS) is 19.8. The van der Waals surface area contributed by atoms with Gasteiger partial charge in [-0.15, -0.1) is 0 Å². The quantitative estimate of drug-likeness (QED) is 0.678. The Morgan fingerprint density at radius 3 is 2.79 bits per heavy atom. The van der Waals surface area contributed by atoms with Crippen LogP contribution in [0.2, 0.25) is 0 Å². The molecule has 2 aliphatic rings. The van der Waals surface area contributed by atoms with E-state index in [1.807, 2.05) is 40.7 Å². The average molecular weight is 392 g/mol. The van der Waals surface area contributed by atoms with Gasteiger partial charge in [0.2, 0.25) is 0 Å². The van der Waals surface area contributed by atoms with Gasteiger partial charge in [0.05, 0.1) is 25.1 Å². The van der Waals surface area contributed by atoms with E-state index in [1.54, 1.807) is 6.07 Å². The van der Waals surface area contributed by atoms with Crippen LogP contribution in [0.3, 0.4) is 0 Å². The Bertz CT molecular complexity index is 1040. The van der Waals surface area contributed by atoms with Crippen molar-refractivity contribution in [2.75, 3.05) is 44.3 Å². The van der Waals surface area contributed by atoms with Gasteiger partial charge in [0.15, 0.2) is 11.5 Å². The maximum Gasteiger partial charge on any atom is 0.272 e. The first-order chi connectivity index (χ1) is 14.2. The average Bonchev–Trinajstić information content (AvgIpc) is 3.40. The van der Waals surface area contributed by atoms with E-state index in [0.29, 0.717) is 18.8 Å². The minimum Gasteiger partial charge on any atom is -0.378 e. The molecule has 3 aromatic rings. The van der Waals surface area contributed by atoms with Crippen LogP contribution in [0.25, 0.3) is 5.65 Å². The van der Waals surface area contributed by atoms with Crippen molar-refractivity contribution in [3.63, 3.8) is 0 Å². The molecule has 3 aromatic heterocycles. The van der Waals surface area contributed by atoms with Crippen LogP contribution in [0.15, 0.2) is 36.5 Å². The molecule has 2 aliphatic heterocycles. The highest BCUT2D eigenvalue weighted by Gasteiger charge is 2.31. The maximum absolute atomic E-state index is 12.8. The van der Waals surface area contributed by atoms with E-state index in [2.05, 4.69) is 16.0 Å². The lowest BCUT2D eigenvalue weighted by Crippen LogP contribution is -2.36. The number of aromatic nitrogens is 4. The molecule has 0 unspecified atom stereocenters. The van der Waals surface area contributed by atoms with Gasteiger partial charge in [-0.05, 0) is 37.6 Å². The second kappa shape index (κ2) is 7.44. The Kier molecular flexibility index (Phi) is 4.63. The fourth-order valence-electron chi connectivity index (χ4n) is 4.05. The van der Waals surface area contributed by atoms with E-state index >= 15 is 0 Å². The third-order valence-electron chi connectivity index (χ3n) is 5.66. The van der Waals surface area contributed by atoms with Crippen LogP contribution >= 0.6 is 0 Å². The Morgan fingerprint density at radius 1 is 1.10 bits per heavy atom. The molecule has 0 spiro atoms. The minimum atomic E-state index is -0.0189. The summed E-state index contributed by atoms with van der Waals surface area (Å²) in [6.07, 6.45) is 2.90. The molecule has 0 bridgehead atoms. The highest BCUT2D eigenvalue weighted by atomic mass is 16.5. The number of aryl methyl sites for hydroxylation is 1. The largest absolute Gasteiger partial charge is 0.378 e. The van der Waals surface area contributed by atoms with E-state index in [0.717, 1.165) is 55.6 Å². The molecule has 0 N–H and O–H groups in total. The van der Waals surface area contributed by atoms with Gasteiger partial charge in [-0.1, -0.05) is 6.07 Å². The van der Waals surface area contributed by atoms with E-state index in [-0.39, 0.29) is 11.8 Å². The van der Waals surface area contributed by atoms with Crippen molar-refractivity contribution in [2.45, 2.75) is 19.3 Å². The molecule has 2 fully saturated rings. The number of fused-ring (bicyclic) bond motifs is 1. The van der Waals surface area contributed by atoms with Crippen LogP contribution in [0.1, 0.15) is 34.3 Å². The molecule has 8 heteroatoms. The SMILES string of the molecule is Cc1cccc(C(=O)N2CC[C@@H](c3nc4ccc(N5CCOCC5)cn4n3)C2)n1. The summed E-state index contributed by atoms with van der Waals surface area (Å²) in [6.45, 7) is 6.51. The number of morpholine rings is 1. The zero-order valence-electron chi connectivity index (χ0n) is 16.5. The molecule has 2 saturated heterocycles. The monoisotopic (exact) mass is 392 g/mol. The minimum absolute atomic E-state index is 0.0189. The van der Waals surface area contributed by atoms with Crippen LogP contribution < -0.4 is 4.90 Å². The third-order valence-corrected chi connectivity index (χ3v) is 5.66. The van der Waals surface area contributed by atoms with Crippen LogP contribution in [-0.2, 0) is 4.74 Å². The van der Waals surface area contributed by atoms with Crippen molar-refractivity contribution >= 4 is 17.2 Å². The Hall–Kier alpha value is -3.00. The summed E-state index contributed by atoms with van der Waals surface area (Å²) in [6, 6.07) is 9.65. The summed E-state index contributed by atoms with van der Waals surface area (Å²) < 4.78 is 7.29. The number of ether oxygens (including phenoxy) is 1. The molecule has 8 nitrogen and oxygen atoms in total. The lowest BCUT2D eigenvalue weighted by molar-refractivity contribution is 0.0784. The van der Waals surface area contributed by atoms with Gasteiger partial charge in [0, 0.05) is 37.8 Å². The number of amides is 1. The molecule has 150 valence electrons. The number of anilines is 1. The van der Waals surface area contributed by atoms with Crippen molar-refractivity contribution in [3.8, 4) is 0 Å². The standard InChI is InChI=1S/C21H24N6O2/c1-15-3-2-4-18(22-15)21(28)26-8-7-16(13-26)20-23-19-6-5-17(14-27(19)24-20)25-9-11-29-12-10-25/h2-6,14,16H,7-13H2,1H3/t16-/m1/s1. The van der Waals surface area contributed by atoms with Gasteiger partial charge in [-0.2, -0.15) is 5.10 Å². The van der Waals surface area contributed by atoms with Crippen LogP contribution in [0.4, 0.5) is 5.69 Å². The van der Waals surface area contributed by atoms with Crippen molar-refractivity contribution < 1.29 is 9.53 Å². The Balaban J connectivity index is 1.32. The first-order valence-corrected chi connectivity index (χ1v) is 10.1. The third kappa shape index (κ3) is 3.55. The van der Waals surface area contributed by atoms with Gasteiger partial charge >= 0.3 is 0 Å². The molecular formula is C21H24N6O2. The zero-order chi connectivity index (χ0) is 19.8. The highest BCUT2D eigenvalue weighted by molar-refractivity contribution is 5.92. The summed E-state index contributed by atoms with van der Waals surface area (Å²) in [5.41, 5.74) is 3.32. The molecule has 0 aliphatic carbocycles. The summed E-state index contributed by atoms with van der Waals surface area (Å²) in [5.74, 6) is 0.932.